The van der Waals surface area contributed by atoms with Crippen LogP contribution in [0.5, 0.6) is 11.5 Å². The molecule has 2 aromatic rings. The molecule has 0 saturated heterocycles. The molecule has 3 heterocycles. The molecular weight excluding hydrogens is 393 g/mol. The molecule has 2 aliphatic rings. The van der Waals surface area contributed by atoms with Crippen molar-refractivity contribution in [3.63, 3.8) is 0 Å². The van der Waals surface area contributed by atoms with E-state index in [2.05, 4.69) is 15.9 Å². The van der Waals surface area contributed by atoms with Crippen LogP contribution >= 0.6 is 15.9 Å². The van der Waals surface area contributed by atoms with Crippen molar-refractivity contribution >= 4 is 34.7 Å². The third kappa shape index (κ3) is 2.20. The fourth-order valence-corrected chi connectivity index (χ4v) is 3.88. The molecule has 25 heavy (non-hydrogen) atoms. The van der Waals surface area contributed by atoms with Crippen LogP contribution in [0.25, 0.3) is 5.57 Å². The number of hydrogen-bond acceptors (Lipinski definition) is 2. The number of nitrogens with zero attached hydrogens (tertiary/aromatic N) is 2. The Labute approximate surface area is 151 Å². The fourth-order valence-electron chi connectivity index (χ4n) is 3.33. The second-order valence-corrected chi connectivity index (χ2v) is 6.55. The van der Waals surface area contributed by atoms with Crippen LogP contribution in [0.3, 0.4) is 0 Å². The van der Waals surface area contributed by atoms with Crippen molar-refractivity contribution in [2.75, 3.05) is 14.2 Å². The number of rotatable bonds is 3. The van der Waals surface area contributed by atoms with Crippen molar-refractivity contribution in [3.8, 4) is 11.5 Å². The SMILES string of the molecule is COc1cc(C2=C3C=CC=[N+]3[B-](F)(F)n3cccc32)cc(OC)c1Br. The first-order valence-electron chi connectivity index (χ1n) is 7.65. The first-order chi connectivity index (χ1) is 12.0. The van der Waals surface area contributed by atoms with Gasteiger partial charge >= 0.3 is 6.97 Å². The Morgan fingerprint density at radius 3 is 2.48 bits per heavy atom. The molecule has 0 amide bonds. The Bertz CT molecular complexity index is 954. The first-order valence-corrected chi connectivity index (χ1v) is 8.44. The molecule has 1 aromatic heterocycles. The molecule has 0 fully saturated rings. The quantitative estimate of drug-likeness (QED) is 0.722. The van der Waals surface area contributed by atoms with Crippen molar-refractivity contribution in [1.29, 1.82) is 0 Å². The zero-order valence-electron chi connectivity index (χ0n) is 13.5. The molecular formula is C17H14BBrF2N2O2. The minimum Gasteiger partial charge on any atom is -0.495 e. The maximum absolute atomic E-state index is 14.8. The Kier molecular flexibility index (Phi) is 3.61. The van der Waals surface area contributed by atoms with Crippen molar-refractivity contribution in [1.82, 2.24) is 4.48 Å². The zero-order chi connectivity index (χ0) is 17.8. The number of benzene rings is 1. The highest BCUT2D eigenvalue weighted by atomic mass is 79.9. The Hall–Kier alpha value is -2.35. The fraction of sp³-hybridized carbons (Fsp3) is 0.118. The Balaban J connectivity index is 2.03. The van der Waals surface area contributed by atoms with Gasteiger partial charge in [-0.05, 0) is 52.0 Å². The van der Waals surface area contributed by atoms with E-state index in [1.807, 2.05) is 12.1 Å². The average Bonchev–Trinajstić information content (AvgIpc) is 3.26. The zero-order valence-corrected chi connectivity index (χ0v) is 15.1. The summed E-state index contributed by atoms with van der Waals surface area (Å²) in [4.78, 5) is 0. The minimum absolute atomic E-state index is 0.461. The summed E-state index contributed by atoms with van der Waals surface area (Å²) in [6, 6.07) is 6.95. The third-order valence-corrected chi connectivity index (χ3v) is 5.26. The van der Waals surface area contributed by atoms with Gasteiger partial charge in [0.15, 0.2) is 5.70 Å². The van der Waals surface area contributed by atoms with E-state index in [4.69, 9.17) is 9.47 Å². The van der Waals surface area contributed by atoms with Gasteiger partial charge in [-0.15, -0.1) is 0 Å². The van der Waals surface area contributed by atoms with E-state index in [1.54, 1.807) is 38.5 Å². The van der Waals surface area contributed by atoms with Crippen LogP contribution < -0.4 is 9.47 Å². The molecule has 8 heteroatoms. The highest BCUT2D eigenvalue weighted by Gasteiger charge is 2.51. The lowest BCUT2D eigenvalue weighted by Gasteiger charge is -2.31. The van der Waals surface area contributed by atoms with Crippen molar-refractivity contribution < 1.29 is 22.6 Å². The minimum atomic E-state index is -3.91. The van der Waals surface area contributed by atoms with Crippen molar-refractivity contribution in [3.05, 3.63) is 64.0 Å². The monoisotopic (exact) mass is 406 g/mol. The molecule has 4 rings (SSSR count). The maximum atomic E-state index is 14.8. The maximum Gasteiger partial charge on any atom is 0.737 e. The molecule has 0 unspecified atom stereocenters. The van der Waals surface area contributed by atoms with Gasteiger partial charge in [-0.3, -0.25) is 0 Å². The van der Waals surface area contributed by atoms with Crippen molar-refractivity contribution in [2.45, 2.75) is 0 Å². The molecule has 128 valence electrons. The third-order valence-electron chi connectivity index (χ3n) is 4.47. The van der Waals surface area contributed by atoms with Gasteiger partial charge < -0.3 is 27.1 Å². The first kappa shape index (κ1) is 16.1. The van der Waals surface area contributed by atoms with Crippen LogP contribution in [-0.4, -0.2) is 36.4 Å². The lowest BCUT2D eigenvalue weighted by atomic mass is 9.86. The van der Waals surface area contributed by atoms with Crippen LogP contribution in [0.15, 0.2) is 52.8 Å². The van der Waals surface area contributed by atoms with Crippen LogP contribution in [0.1, 0.15) is 11.3 Å². The van der Waals surface area contributed by atoms with Crippen LogP contribution in [0, 0.1) is 0 Å². The molecule has 0 spiro atoms. The molecule has 0 saturated carbocycles. The van der Waals surface area contributed by atoms with Gasteiger partial charge in [-0.2, -0.15) is 0 Å². The lowest BCUT2D eigenvalue weighted by Crippen LogP contribution is -2.49. The Morgan fingerprint density at radius 2 is 1.84 bits per heavy atom. The number of halogens is 3. The summed E-state index contributed by atoms with van der Waals surface area (Å²) in [5.41, 5.74) is 2.36. The smallest absolute Gasteiger partial charge is 0.495 e. The molecule has 0 bridgehead atoms. The number of methoxy groups -OCH3 is 2. The summed E-state index contributed by atoms with van der Waals surface area (Å²) in [5, 5.41) is 0. The lowest BCUT2D eigenvalue weighted by molar-refractivity contribution is -0.356. The van der Waals surface area contributed by atoms with Gasteiger partial charge in [-0.1, -0.05) is 0 Å². The van der Waals surface area contributed by atoms with E-state index in [1.165, 1.54) is 12.4 Å². The second-order valence-electron chi connectivity index (χ2n) is 5.76. The van der Waals surface area contributed by atoms with Gasteiger partial charge in [0.05, 0.1) is 19.8 Å². The van der Waals surface area contributed by atoms with E-state index in [0.717, 1.165) is 14.5 Å². The normalized spacial score (nSPS) is 17.2. The molecule has 0 radical (unpaired) electrons. The van der Waals surface area contributed by atoms with Gasteiger partial charge in [-0.25, -0.2) is 0 Å². The summed E-state index contributed by atoms with van der Waals surface area (Å²) < 4.78 is 43.2. The number of fused-ring (bicyclic) bond motifs is 2. The molecule has 0 aliphatic carbocycles. The molecule has 0 atom stereocenters. The van der Waals surface area contributed by atoms with Gasteiger partial charge in [0.1, 0.15) is 22.2 Å². The van der Waals surface area contributed by atoms with Crippen LogP contribution in [-0.2, 0) is 0 Å². The summed E-state index contributed by atoms with van der Waals surface area (Å²) in [6.07, 6.45) is 6.14. The van der Waals surface area contributed by atoms with E-state index in [0.29, 0.717) is 32.9 Å². The summed E-state index contributed by atoms with van der Waals surface area (Å²) in [6.45, 7) is -3.91. The van der Waals surface area contributed by atoms with E-state index >= 15 is 0 Å². The molecule has 0 N–H and O–H groups in total. The number of ether oxygens (including phenoxy) is 2. The highest BCUT2D eigenvalue weighted by molar-refractivity contribution is 9.10. The van der Waals surface area contributed by atoms with E-state index in [9.17, 15) is 8.63 Å². The number of allylic oxidation sites excluding steroid dienone is 2. The molecule has 2 aliphatic heterocycles. The second kappa shape index (κ2) is 5.59. The summed E-state index contributed by atoms with van der Waals surface area (Å²) >= 11 is 3.44. The largest absolute Gasteiger partial charge is 0.737 e. The summed E-state index contributed by atoms with van der Waals surface area (Å²) in [5.74, 6) is 1.14. The predicted octanol–water partition coefficient (Wildman–Crippen LogP) is 3.92. The van der Waals surface area contributed by atoms with Gasteiger partial charge in [0, 0.05) is 17.8 Å². The number of aromatic nitrogens is 1. The van der Waals surface area contributed by atoms with Gasteiger partial charge in [0.25, 0.3) is 0 Å². The van der Waals surface area contributed by atoms with Gasteiger partial charge in [0.2, 0.25) is 0 Å². The highest BCUT2D eigenvalue weighted by Crippen LogP contribution is 2.43. The average molecular weight is 407 g/mol. The number of hydrogen-bond donors (Lipinski definition) is 0. The van der Waals surface area contributed by atoms with Crippen LogP contribution in [0.4, 0.5) is 8.63 Å². The molecule has 4 nitrogen and oxygen atoms in total. The topological polar surface area (TPSA) is 26.4 Å². The predicted molar refractivity (Wildman–Crippen MR) is 96.5 cm³/mol. The molecule has 1 aromatic carbocycles. The van der Waals surface area contributed by atoms with Crippen molar-refractivity contribution in [2.24, 2.45) is 0 Å². The van der Waals surface area contributed by atoms with Crippen LogP contribution in [0.2, 0.25) is 0 Å². The van der Waals surface area contributed by atoms with E-state index in [-0.39, 0.29) is 0 Å². The summed E-state index contributed by atoms with van der Waals surface area (Å²) in [7, 11) is 3.11. The standard InChI is InChI=1S/C17H14BBrF2N2O2/c1-24-14-9-11(10-15(25-2)17(14)19)16-12-5-3-7-22(12)18(20,21)23-8-4-6-13(16)23/h3-10H,1-2H3. The van der Waals surface area contributed by atoms with E-state index < -0.39 is 6.97 Å². The Morgan fingerprint density at radius 1 is 1.16 bits per heavy atom.